The Hall–Kier alpha value is -1.99. The summed E-state index contributed by atoms with van der Waals surface area (Å²) in [6.07, 6.45) is 3.01. The van der Waals surface area contributed by atoms with Gasteiger partial charge in [0.1, 0.15) is 0 Å². The van der Waals surface area contributed by atoms with Crippen LogP contribution in [-0.4, -0.2) is 69.5 Å². The molecule has 0 unspecified atom stereocenters. The maximum atomic E-state index is 8.98. The van der Waals surface area contributed by atoms with Gasteiger partial charge in [0.15, 0.2) is 0 Å². The van der Waals surface area contributed by atoms with Gasteiger partial charge in [0, 0.05) is 32.3 Å². The minimum atomic E-state index is 0.258. The predicted molar refractivity (Wildman–Crippen MR) is 93.5 cm³/mol. The average molecular weight is 330 g/mol. The summed E-state index contributed by atoms with van der Waals surface area (Å²) < 4.78 is 1.81. The Bertz CT molecular complexity index is 633. The van der Waals surface area contributed by atoms with Crippen LogP contribution in [0, 0.1) is 6.92 Å². The Morgan fingerprint density at radius 1 is 1.21 bits per heavy atom. The Morgan fingerprint density at radius 3 is 2.58 bits per heavy atom. The molecule has 1 aliphatic heterocycles. The third kappa shape index (κ3) is 3.73. The molecular weight excluding hydrogens is 304 g/mol. The van der Waals surface area contributed by atoms with Gasteiger partial charge in [-0.25, -0.2) is 0 Å². The summed E-state index contributed by atoms with van der Waals surface area (Å²) in [6, 6.07) is 8.80. The monoisotopic (exact) mass is 330 g/mol. The third-order valence-corrected chi connectivity index (χ3v) is 4.77. The van der Waals surface area contributed by atoms with Crippen LogP contribution in [0.4, 0.5) is 5.95 Å². The lowest BCUT2D eigenvalue weighted by Crippen LogP contribution is -2.44. The van der Waals surface area contributed by atoms with Crippen LogP contribution < -0.4 is 4.90 Å². The molecule has 0 radical (unpaired) electrons. The lowest BCUT2D eigenvalue weighted by Gasteiger charge is -2.36. The van der Waals surface area contributed by atoms with Gasteiger partial charge in [0.2, 0.25) is 5.95 Å². The van der Waals surface area contributed by atoms with Crippen molar-refractivity contribution in [1.82, 2.24) is 25.1 Å². The van der Waals surface area contributed by atoms with E-state index in [0.717, 1.165) is 50.5 Å². The van der Waals surface area contributed by atoms with E-state index in [0.29, 0.717) is 6.04 Å². The summed E-state index contributed by atoms with van der Waals surface area (Å²) >= 11 is 0. The highest BCUT2D eigenvalue weighted by Gasteiger charge is 2.25. The van der Waals surface area contributed by atoms with Crippen molar-refractivity contribution in [2.24, 2.45) is 0 Å². The first-order chi connectivity index (χ1) is 11.7. The smallest absolute Gasteiger partial charge is 0.250 e. The van der Waals surface area contributed by atoms with Crippen LogP contribution in [0.25, 0.3) is 5.69 Å². The van der Waals surface area contributed by atoms with Crippen LogP contribution in [0.3, 0.4) is 0 Å². The quantitative estimate of drug-likeness (QED) is 0.860. The van der Waals surface area contributed by atoms with Gasteiger partial charge in [-0.1, -0.05) is 22.8 Å². The molecule has 7 nitrogen and oxygen atoms in total. The number of hydrogen-bond donors (Lipinski definition) is 1. The highest BCUT2D eigenvalue weighted by atomic mass is 16.3. The minimum Gasteiger partial charge on any atom is -0.396 e. The van der Waals surface area contributed by atoms with Gasteiger partial charge in [0.25, 0.3) is 0 Å². The summed E-state index contributed by atoms with van der Waals surface area (Å²) in [4.78, 5) is 4.62. The molecule has 0 aliphatic carbocycles. The SMILES string of the molecule is Cc1ccc(-n2nnnc2N2CCC(N(C)CCCO)CC2)cc1. The number of hydrogen-bond acceptors (Lipinski definition) is 6. The lowest BCUT2D eigenvalue weighted by atomic mass is 10.0. The van der Waals surface area contributed by atoms with Crippen molar-refractivity contribution >= 4 is 5.95 Å². The van der Waals surface area contributed by atoms with E-state index in [1.807, 2.05) is 16.8 Å². The summed E-state index contributed by atoms with van der Waals surface area (Å²) in [5.74, 6) is 0.815. The van der Waals surface area contributed by atoms with Crippen molar-refractivity contribution in [2.45, 2.75) is 32.2 Å². The topological polar surface area (TPSA) is 70.3 Å². The number of tetrazole rings is 1. The number of nitrogens with zero attached hydrogens (tertiary/aromatic N) is 6. The molecule has 3 rings (SSSR count). The highest BCUT2D eigenvalue weighted by Crippen LogP contribution is 2.22. The molecule has 1 saturated heterocycles. The Morgan fingerprint density at radius 2 is 1.92 bits per heavy atom. The van der Waals surface area contributed by atoms with Gasteiger partial charge in [-0.05, 0) is 55.8 Å². The fourth-order valence-corrected chi connectivity index (χ4v) is 3.24. The van der Waals surface area contributed by atoms with Crippen LogP contribution in [0.2, 0.25) is 0 Å². The van der Waals surface area contributed by atoms with Crippen LogP contribution in [0.1, 0.15) is 24.8 Å². The molecule has 0 atom stereocenters. The number of aryl methyl sites for hydroxylation is 1. The second kappa shape index (κ2) is 7.72. The molecule has 130 valence electrons. The highest BCUT2D eigenvalue weighted by molar-refractivity contribution is 5.42. The molecule has 0 saturated carbocycles. The Balaban J connectivity index is 1.65. The fraction of sp³-hybridized carbons (Fsp3) is 0.588. The molecule has 1 aliphatic rings. The van der Waals surface area contributed by atoms with Gasteiger partial charge < -0.3 is 14.9 Å². The van der Waals surface area contributed by atoms with Gasteiger partial charge in [-0.15, -0.1) is 0 Å². The molecule has 0 bridgehead atoms. The number of benzene rings is 1. The number of aromatic nitrogens is 4. The summed E-state index contributed by atoms with van der Waals surface area (Å²) in [6.45, 7) is 5.17. The molecule has 1 N–H and O–H groups in total. The van der Waals surface area contributed by atoms with E-state index >= 15 is 0 Å². The zero-order valence-electron chi connectivity index (χ0n) is 14.5. The first-order valence-corrected chi connectivity index (χ1v) is 8.60. The second-order valence-electron chi connectivity index (χ2n) is 6.50. The Kier molecular flexibility index (Phi) is 5.42. The normalized spacial score (nSPS) is 16.1. The minimum absolute atomic E-state index is 0.258. The molecule has 24 heavy (non-hydrogen) atoms. The summed E-state index contributed by atoms with van der Waals surface area (Å²) in [7, 11) is 2.15. The van der Waals surface area contributed by atoms with Gasteiger partial charge in [0.05, 0.1) is 5.69 Å². The van der Waals surface area contributed by atoms with E-state index in [1.54, 1.807) is 0 Å². The lowest BCUT2D eigenvalue weighted by molar-refractivity contribution is 0.184. The summed E-state index contributed by atoms with van der Waals surface area (Å²) in [5, 5.41) is 21.3. The van der Waals surface area contributed by atoms with Gasteiger partial charge >= 0.3 is 0 Å². The maximum absolute atomic E-state index is 8.98. The van der Waals surface area contributed by atoms with Gasteiger partial charge in [-0.2, -0.15) is 4.68 Å². The van der Waals surface area contributed by atoms with Crippen LogP contribution in [-0.2, 0) is 0 Å². The van der Waals surface area contributed by atoms with Crippen molar-refractivity contribution in [3.8, 4) is 5.69 Å². The molecule has 2 aromatic rings. The third-order valence-electron chi connectivity index (χ3n) is 4.77. The van der Waals surface area contributed by atoms with Crippen molar-refractivity contribution in [3.05, 3.63) is 29.8 Å². The second-order valence-corrected chi connectivity index (χ2v) is 6.50. The zero-order chi connectivity index (χ0) is 16.9. The zero-order valence-corrected chi connectivity index (χ0v) is 14.5. The van der Waals surface area contributed by atoms with Crippen molar-refractivity contribution in [2.75, 3.05) is 38.2 Å². The van der Waals surface area contributed by atoms with Crippen LogP contribution in [0.15, 0.2) is 24.3 Å². The molecule has 7 heteroatoms. The van der Waals surface area contributed by atoms with E-state index < -0.39 is 0 Å². The van der Waals surface area contributed by atoms with Crippen molar-refractivity contribution in [1.29, 1.82) is 0 Å². The molecule has 1 aromatic heterocycles. The van der Waals surface area contributed by atoms with E-state index in [9.17, 15) is 0 Å². The van der Waals surface area contributed by atoms with E-state index in [4.69, 9.17) is 5.11 Å². The molecule has 0 spiro atoms. The summed E-state index contributed by atoms with van der Waals surface area (Å²) in [5.41, 5.74) is 2.21. The van der Waals surface area contributed by atoms with Crippen molar-refractivity contribution in [3.63, 3.8) is 0 Å². The first kappa shape index (κ1) is 16.9. The van der Waals surface area contributed by atoms with E-state index in [2.05, 4.69) is 51.4 Å². The average Bonchev–Trinajstić information content (AvgIpc) is 3.10. The Labute approximate surface area is 142 Å². The largest absolute Gasteiger partial charge is 0.396 e. The van der Waals surface area contributed by atoms with Gasteiger partial charge in [-0.3, -0.25) is 0 Å². The number of aliphatic hydroxyl groups excluding tert-OH is 1. The van der Waals surface area contributed by atoms with Crippen LogP contribution >= 0.6 is 0 Å². The molecular formula is C17H26N6O. The van der Waals surface area contributed by atoms with Crippen molar-refractivity contribution < 1.29 is 5.11 Å². The number of aliphatic hydroxyl groups is 1. The van der Waals surface area contributed by atoms with E-state index in [-0.39, 0.29) is 6.61 Å². The number of rotatable bonds is 6. The molecule has 1 fully saturated rings. The number of anilines is 1. The maximum Gasteiger partial charge on any atom is 0.250 e. The molecule has 1 aromatic carbocycles. The molecule has 2 heterocycles. The standard InChI is InChI=1S/C17H26N6O/c1-14-4-6-16(7-5-14)23-17(18-19-20-23)22-11-8-15(9-12-22)21(2)10-3-13-24/h4-7,15,24H,3,8-13H2,1-2H3. The molecule has 0 amide bonds. The van der Waals surface area contributed by atoms with Crippen LogP contribution in [0.5, 0.6) is 0 Å². The first-order valence-electron chi connectivity index (χ1n) is 8.60. The number of piperidine rings is 1. The van der Waals surface area contributed by atoms with E-state index in [1.165, 1.54) is 5.56 Å². The fourth-order valence-electron chi connectivity index (χ4n) is 3.24. The predicted octanol–water partition coefficient (Wildman–Crippen LogP) is 1.25.